The first-order valence-corrected chi connectivity index (χ1v) is 10.1. The summed E-state index contributed by atoms with van der Waals surface area (Å²) in [6.07, 6.45) is 0.0934. The number of carbonyl (C=O) groups excluding carboxylic acids is 3. The van der Waals surface area contributed by atoms with Crippen LogP contribution >= 0.6 is 12.2 Å². The van der Waals surface area contributed by atoms with Crippen LogP contribution in [0, 0.1) is 5.92 Å². The van der Waals surface area contributed by atoms with Gasteiger partial charge < -0.3 is 20.3 Å². The standard InChI is InChI=1S/C23H23NO7S/c1-14(25)30-11-10-18(12-20(26)15-2-4-17(5-3-15)23(24)32)22(29)16-6-8-19(9-7-16)31-13-21(27)28/h2-9,18H,10-13H2,1H3,(H2,24,32)(H,27,28). The van der Waals surface area contributed by atoms with Crippen molar-refractivity contribution < 1.29 is 33.8 Å². The number of Topliss-reactive ketones (excluding diaryl/α,β-unsaturated/α-hetero) is 2. The third-order valence-corrected chi connectivity index (χ3v) is 4.80. The van der Waals surface area contributed by atoms with Gasteiger partial charge in [-0.2, -0.15) is 0 Å². The van der Waals surface area contributed by atoms with Crippen LogP contribution in [0.4, 0.5) is 0 Å². The minimum absolute atomic E-state index is 0.000786. The molecule has 1 unspecified atom stereocenters. The molecule has 0 bridgehead atoms. The molecule has 9 heteroatoms. The molecule has 0 spiro atoms. The second kappa shape index (κ2) is 11.7. The zero-order valence-corrected chi connectivity index (χ0v) is 18.2. The SMILES string of the molecule is CC(=O)OCCC(CC(=O)c1ccc(C(N)=S)cc1)C(=O)c1ccc(OCC(=O)O)cc1. The van der Waals surface area contributed by atoms with Gasteiger partial charge in [0.05, 0.1) is 6.61 Å². The zero-order chi connectivity index (χ0) is 23.7. The number of carboxylic acid groups (broad SMARTS) is 1. The van der Waals surface area contributed by atoms with E-state index in [1.807, 2.05) is 0 Å². The Morgan fingerprint density at radius 2 is 1.53 bits per heavy atom. The number of hydrogen-bond acceptors (Lipinski definition) is 7. The Morgan fingerprint density at radius 1 is 0.969 bits per heavy atom. The van der Waals surface area contributed by atoms with Gasteiger partial charge in [-0.05, 0) is 30.7 Å². The fourth-order valence-electron chi connectivity index (χ4n) is 2.93. The van der Waals surface area contributed by atoms with Crippen molar-refractivity contribution in [3.63, 3.8) is 0 Å². The van der Waals surface area contributed by atoms with Gasteiger partial charge in [-0.3, -0.25) is 14.4 Å². The normalized spacial score (nSPS) is 11.3. The molecule has 0 fully saturated rings. The molecule has 0 aliphatic rings. The number of carboxylic acids is 1. The second-order valence-corrected chi connectivity index (χ2v) is 7.41. The summed E-state index contributed by atoms with van der Waals surface area (Å²) in [4.78, 5) is 47.7. The molecule has 0 aliphatic carbocycles. The molecule has 0 aliphatic heterocycles. The lowest BCUT2D eigenvalue weighted by Crippen LogP contribution is -2.21. The Morgan fingerprint density at radius 3 is 2.06 bits per heavy atom. The van der Waals surface area contributed by atoms with E-state index in [1.54, 1.807) is 24.3 Å². The molecule has 8 nitrogen and oxygen atoms in total. The number of aliphatic carboxylic acids is 1. The van der Waals surface area contributed by atoms with Gasteiger partial charge in [0.1, 0.15) is 10.7 Å². The first-order chi connectivity index (χ1) is 15.2. The molecule has 0 amide bonds. The Hall–Kier alpha value is -3.59. The Bertz CT molecular complexity index is 1000. The third-order valence-electron chi connectivity index (χ3n) is 4.57. The molecule has 2 aromatic carbocycles. The number of carbonyl (C=O) groups is 4. The fourth-order valence-corrected chi connectivity index (χ4v) is 3.07. The maximum absolute atomic E-state index is 13.0. The number of esters is 1. The molecule has 2 rings (SSSR count). The van der Waals surface area contributed by atoms with Crippen LogP contribution in [-0.2, 0) is 14.3 Å². The van der Waals surface area contributed by atoms with Gasteiger partial charge in [0.25, 0.3) is 0 Å². The number of ether oxygens (including phenoxy) is 2. The van der Waals surface area contributed by atoms with Crippen molar-refractivity contribution >= 4 is 40.7 Å². The summed E-state index contributed by atoms with van der Waals surface area (Å²) in [5.41, 5.74) is 6.94. The molecule has 0 saturated carbocycles. The van der Waals surface area contributed by atoms with Gasteiger partial charge in [-0.25, -0.2) is 4.79 Å². The Kier molecular flexibility index (Phi) is 9.03. The highest BCUT2D eigenvalue weighted by Crippen LogP contribution is 2.22. The van der Waals surface area contributed by atoms with Crippen molar-refractivity contribution in [2.45, 2.75) is 19.8 Å². The van der Waals surface area contributed by atoms with E-state index in [0.29, 0.717) is 22.4 Å². The molecular formula is C23H23NO7S. The summed E-state index contributed by atoms with van der Waals surface area (Å²) in [6, 6.07) is 12.4. The van der Waals surface area contributed by atoms with Crippen LogP contribution in [-0.4, -0.2) is 46.8 Å². The lowest BCUT2D eigenvalue weighted by Gasteiger charge is -2.16. The summed E-state index contributed by atoms with van der Waals surface area (Å²) in [7, 11) is 0. The molecular weight excluding hydrogens is 434 g/mol. The van der Waals surface area contributed by atoms with Crippen molar-refractivity contribution in [1.82, 2.24) is 0 Å². The van der Waals surface area contributed by atoms with Gasteiger partial charge >= 0.3 is 11.9 Å². The number of nitrogens with two attached hydrogens (primary N) is 1. The average Bonchev–Trinajstić information content (AvgIpc) is 2.76. The summed E-state index contributed by atoms with van der Waals surface area (Å²) in [5.74, 6) is -2.55. The highest BCUT2D eigenvalue weighted by atomic mass is 32.1. The first kappa shape index (κ1) is 24.7. The highest BCUT2D eigenvalue weighted by Gasteiger charge is 2.24. The molecule has 168 valence electrons. The van der Waals surface area contributed by atoms with Crippen LogP contribution in [0.25, 0.3) is 0 Å². The smallest absolute Gasteiger partial charge is 0.341 e. The minimum atomic E-state index is -1.12. The number of thiocarbonyl (C=S) groups is 1. The third kappa shape index (κ3) is 7.59. The monoisotopic (exact) mass is 457 g/mol. The largest absolute Gasteiger partial charge is 0.482 e. The maximum Gasteiger partial charge on any atom is 0.341 e. The molecule has 32 heavy (non-hydrogen) atoms. The van der Waals surface area contributed by atoms with Crippen LogP contribution < -0.4 is 10.5 Å². The summed E-state index contributed by atoms with van der Waals surface area (Å²) >= 11 is 4.91. The fraction of sp³-hybridized carbons (Fsp3) is 0.261. The van der Waals surface area contributed by atoms with Crippen molar-refractivity contribution in [3.05, 3.63) is 65.2 Å². The van der Waals surface area contributed by atoms with Gasteiger partial charge in [0.15, 0.2) is 18.2 Å². The summed E-state index contributed by atoms with van der Waals surface area (Å²) in [6.45, 7) is 0.765. The van der Waals surface area contributed by atoms with Gasteiger partial charge in [-0.15, -0.1) is 0 Å². The quantitative estimate of drug-likeness (QED) is 0.280. The predicted octanol–water partition coefficient (Wildman–Crippen LogP) is 2.81. The van der Waals surface area contributed by atoms with E-state index in [9.17, 15) is 19.2 Å². The molecule has 0 aromatic heterocycles. The van der Waals surface area contributed by atoms with Crippen LogP contribution in [0.15, 0.2) is 48.5 Å². The predicted molar refractivity (Wildman–Crippen MR) is 120 cm³/mol. The molecule has 1 atom stereocenters. The second-order valence-electron chi connectivity index (χ2n) is 6.97. The van der Waals surface area contributed by atoms with E-state index < -0.39 is 24.5 Å². The lowest BCUT2D eigenvalue weighted by atomic mass is 9.88. The van der Waals surface area contributed by atoms with E-state index in [4.69, 9.17) is 32.5 Å². The molecule has 0 saturated heterocycles. The number of rotatable bonds is 12. The van der Waals surface area contributed by atoms with Crippen LogP contribution in [0.3, 0.4) is 0 Å². The minimum Gasteiger partial charge on any atom is -0.482 e. The van der Waals surface area contributed by atoms with Crippen LogP contribution in [0.5, 0.6) is 5.75 Å². The van der Waals surface area contributed by atoms with Crippen molar-refractivity contribution in [1.29, 1.82) is 0 Å². The van der Waals surface area contributed by atoms with Crippen LogP contribution in [0.1, 0.15) is 46.0 Å². The molecule has 3 N–H and O–H groups in total. The Labute approximate surface area is 190 Å². The van der Waals surface area contributed by atoms with Gasteiger partial charge in [-0.1, -0.05) is 36.5 Å². The van der Waals surface area contributed by atoms with Crippen LogP contribution in [0.2, 0.25) is 0 Å². The topological polar surface area (TPSA) is 133 Å². The average molecular weight is 458 g/mol. The molecule has 2 aromatic rings. The molecule has 0 radical (unpaired) electrons. The van der Waals surface area contributed by atoms with Gasteiger partial charge in [0.2, 0.25) is 0 Å². The maximum atomic E-state index is 13.0. The van der Waals surface area contributed by atoms with Crippen molar-refractivity contribution in [3.8, 4) is 5.75 Å². The van der Waals surface area contributed by atoms with Crippen molar-refractivity contribution in [2.75, 3.05) is 13.2 Å². The van der Waals surface area contributed by atoms with E-state index in [0.717, 1.165) is 0 Å². The van der Waals surface area contributed by atoms with Crippen molar-refractivity contribution in [2.24, 2.45) is 11.7 Å². The zero-order valence-electron chi connectivity index (χ0n) is 17.4. The van der Waals surface area contributed by atoms with Gasteiger partial charge in [0, 0.05) is 36.0 Å². The van der Waals surface area contributed by atoms with E-state index in [2.05, 4.69) is 0 Å². The number of benzene rings is 2. The first-order valence-electron chi connectivity index (χ1n) is 9.72. The number of ketones is 2. The number of hydrogen-bond donors (Lipinski definition) is 2. The summed E-state index contributed by atoms with van der Waals surface area (Å²) < 4.78 is 10.0. The van der Waals surface area contributed by atoms with E-state index in [1.165, 1.54) is 31.2 Å². The molecule has 0 heterocycles. The summed E-state index contributed by atoms with van der Waals surface area (Å²) in [5, 5.41) is 8.67. The highest BCUT2D eigenvalue weighted by molar-refractivity contribution is 7.80. The van der Waals surface area contributed by atoms with E-state index >= 15 is 0 Å². The lowest BCUT2D eigenvalue weighted by molar-refractivity contribution is -0.141. The van der Waals surface area contributed by atoms with E-state index in [-0.39, 0.29) is 36.0 Å². The Balaban J connectivity index is 2.14.